The van der Waals surface area contributed by atoms with Crippen LogP contribution in [0, 0.1) is 0 Å². The Morgan fingerprint density at radius 3 is 2.81 bits per heavy atom. The fourth-order valence-corrected chi connectivity index (χ4v) is 2.12. The third-order valence-corrected chi connectivity index (χ3v) is 2.89. The lowest BCUT2D eigenvalue weighted by molar-refractivity contribution is -0.691. The molecule has 1 aromatic heterocycles. The molecule has 0 bridgehead atoms. The van der Waals surface area contributed by atoms with Gasteiger partial charge in [0.1, 0.15) is 0 Å². The van der Waals surface area contributed by atoms with Crippen molar-refractivity contribution in [3.05, 3.63) is 48.7 Å². The molecule has 2 aromatic rings. The molecule has 16 heavy (non-hydrogen) atoms. The van der Waals surface area contributed by atoms with Crippen molar-refractivity contribution in [2.24, 2.45) is 0 Å². The summed E-state index contributed by atoms with van der Waals surface area (Å²) < 4.78 is 2.17. The van der Waals surface area contributed by atoms with Crippen LogP contribution in [0.5, 0.6) is 0 Å². The van der Waals surface area contributed by atoms with E-state index in [0.717, 1.165) is 12.4 Å². The predicted molar refractivity (Wildman–Crippen MR) is 61.6 cm³/mol. The quantitative estimate of drug-likeness (QED) is 0.673. The maximum Gasteiger partial charge on any atom is 0.246 e. The Kier molecular flexibility index (Phi) is 2.11. The highest BCUT2D eigenvalue weighted by atomic mass is 16.7. The largest absolute Gasteiger partial charge is 0.271 e. The molecule has 3 nitrogen and oxygen atoms in total. The molecule has 1 aliphatic heterocycles. The average molecular weight is 213 g/mol. The van der Waals surface area contributed by atoms with Gasteiger partial charge in [0.25, 0.3) is 0 Å². The third kappa shape index (κ3) is 1.29. The van der Waals surface area contributed by atoms with Gasteiger partial charge < -0.3 is 0 Å². The van der Waals surface area contributed by atoms with Gasteiger partial charge in [-0.2, -0.15) is 9.63 Å². The minimum atomic E-state index is 0.726. The molecule has 0 aliphatic carbocycles. The number of hydrogen-bond donors (Lipinski definition) is 0. The van der Waals surface area contributed by atoms with Gasteiger partial charge in [-0.05, 0) is 18.2 Å². The SMILES string of the molecule is CON1C[n+]2ccccc2-c2ccccc21. The summed E-state index contributed by atoms with van der Waals surface area (Å²) in [5.41, 5.74) is 3.55. The highest BCUT2D eigenvalue weighted by Gasteiger charge is 2.26. The van der Waals surface area contributed by atoms with Crippen molar-refractivity contribution in [2.75, 3.05) is 12.2 Å². The zero-order chi connectivity index (χ0) is 11.0. The molecule has 1 aliphatic rings. The maximum absolute atomic E-state index is 5.39. The van der Waals surface area contributed by atoms with E-state index in [-0.39, 0.29) is 0 Å². The van der Waals surface area contributed by atoms with Gasteiger partial charge in [0.2, 0.25) is 12.4 Å². The second kappa shape index (κ2) is 3.61. The van der Waals surface area contributed by atoms with E-state index in [2.05, 4.69) is 41.1 Å². The zero-order valence-electron chi connectivity index (χ0n) is 9.13. The molecule has 80 valence electrons. The summed E-state index contributed by atoms with van der Waals surface area (Å²) >= 11 is 0. The molecule has 0 spiro atoms. The van der Waals surface area contributed by atoms with Gasteiger partial charge in [-0.15, -0.1) is 0 Å². The van der Waals surface area contributed by atoms with E-state index in [0.29, 0.717) is 0 Å². The lowest BCUT2D eigenvalue weighted by atomic mass is 10.1. The smallest absolute Gasteiger partial charge is 0.246 e. The van der Waals surface area contributed by atoms with Gasteiger partial charge in [0.05, 0.1) is 18.4 Å². The minimum absolute atomic E-state index is 0.726. The van der Waals surface area contributed by atoms with Crippen LogP contribution in [-0.2, 0) is 11.5 Å². The number of aromatic nitrogens is 1. The van der Waals surface area contributed by atoms with E-state index in [4.69, 9.17) is 4.84 Å². The Balaban J connectivity index is 2.24. The standard InChI is InChI=1S/C13H13N2O/c1-16-15-10-14-9-5-4-7-12(14)11-6-2-3-8-13(11)15/h2-9H,10H2,1H3/q+1. The molecule has 0 saturated carbocycles. The molecule has 0 fully saturated rings. The summed E-state index contributed by atoms with van der Waals surface area (Å²) in [6.07, 6.45) is 2.07. The second-order valence-electron chi connectivity index (χ2n) is 3.78. The molecule has 0 amide bonds. The summed E-state index contributed by atoms with van der Waals surface area (Å²) in [7, 11) is 1.70. The Morgan fingerprint density at radius 2 is 1.94 bits per heavy atom. The van der Waals surface area contributed by atoms with Gasteiger partial charge in [0.15, 0.2) is 6.20 Å². The van der Waals surface area contributed by atoms with E-state index in [1.165, 1.54) is 11.3 Å². The Bertz CT molecular complexity index is 525. The summed E-state index contributed by atoms with van der Waals surface area (Å²) in [6.45, 7) is 0.726. The van der Waals surface area contributed by atoms with E-state index in [1.54, 1.807) is 7.11 Å². The number of hydrogen-bond acceptors (Lipinski definition) is 2. The normalized spacial score (nSPS) is 13.2. The summed E-state index contributed by atoms with van der Waals surface area (Å²) in [6, 6.07) is 14.5. The molecule has 0 atom stereocenters. The first-order valence-electron chi connectivity index (χ1n) is 5.29. The van der Waals surface area contributed by atoms with E-state index >= 15 is 0 Å². The highest BCUT2D eigenvalue weighted by molar-refractivity contribution is 5.74. The minimum Gasteiger partial charge on any atom is -0.271 e. The number of pyridine rings is 1. The fourth-order valence-electron chi connectivity index (χ4n) is 2.12. The van der Waals surface area contributed by atoms with Crippen LogP contribution >= 0.6 is 0 Å². The molecule has 3 rings (SSSR count). The average Bonchev–Trinajstić information content (AvgIpc) is 2.38. The molecule has 0 radical (unpaired) electrons. The van der Waals surface area contributed by atoms with E-state index < -0.39 is 0 Å². The van der Waals surface area contributed by atoms with Crippen molar-refractivity contribution >= 4 is 5.69 Å². The maximum atomic E-state index is 5.39. The van der Waals surface area contributed by atoms with Crippen LogP contribution in [0.25, 0.3) is 11.3 Å². The van der Waals surface area contributed by atoms with Gasteiger partial charge in [0, 0.05) is 12.1 Å². The number of nitrogens with zero attached hydrogens (tertiary/aromatic N) is 2. The van der Waals surface area contributed by atoms with E-state index in [9.17, 15) is 0 Å². The third-order valence-electron chi connectivity index (χ3n) is 2.89. The molecule has 1 aromatic carbocycles. The van der Waals surface area contributed by atoms with Crippen molar-refractivity contribution in [1.82, 2.24) is 0 Å². The lowest BCUT2D eigenvalue weighted by Crippen LogP contribution is -2.48. The zero-order valence-corrected chi connectivity index (χ0v) is 9.13. The lowest BCUT2D eigenvalue weighted by Gasteiger charge is -2.25. The van der Waals surface area contributed by atoms with Crippen molar-refractivity contribution in [2.45, 2.75) is 6.67 Å². The van der Waals surface area contributed by atoms with Crippen LogP contribution in [-0.4, -0.2) is 7.11 Å². The van der Waals surface area contributed by atoms with Crippen molar-refractivity contribution in [3.63, 3.8) is 0 Å². The molecule has 0 saturated heterocycles. The molecule has 0 unspecified atom stereocenters. The van der Waals surface area contributed by atoms with Crippen molar-refractivity contribution in [3.8, 4) is 11.3 Å². The molecule has 0 N–H and O–H groups in total. The summed E-state index contributed by atoms with van der Waals surface area (Å²) in [4.78, 5) is 5.39. The van der Waals surface area contributed by atoms with Crippen LogP contribution in [0.3, 0.4) is 0 Å². The van der Waals surface area contributed by atoms with E-state index in [1.807, 2.05) is 17.2 Å². The first-order valence-corrected chi connectivity index (χ1v) is 5.29. The van der Waals surface area contributed by atoms with Crippen LogP contribution in [0.15, 0.2) is 48.7 Å². The van der Waals surface area contributed by atoms with Gasteiger partial charge in [-0.25, -0.2) is 0 Å². The van der Waals surface area contributed by atoms with Crippen LogP contribution in [0.1, 0.15) is 0 Å². The van der Waals surface area contributed by atoms with Crippen LogP contribution in [0.4, 0.5) is 5.69 Å². The topological polar surface area (TPSA) is 16.4 Å². The number of rotatable bonds is 1. The second-order valence-corrected chi connectivity index (χ2v) is 3.78. The monoisotopic (exact) mass is 213 g/mol. The first kappa shape index (κ1) is 9.36. The Morgan fingerprint density at radius 1 is 1.12 bits per heavy atom. The number of fused-ring (bicyclic) bond motifs is 3. The predicted octanol–water partition coefficient (Wildman–Crippen LogP) is 1.98. The van der Waals surface area contributed by atoms with Crippen molar-refractivity contribution in [1.29, 1.82) is 0 Å². The summed E-state index contributed by atoms with van der Waals surface area (Å²) in [5, 5.41) is 1.89. The Hall–Kier alpha value is -1.87. The number of para-hydroxylation sites is 1. The molecular formula is C13H13N2O+. The Labute approximate surface area is 94.5 Å². The first-order chi connectivity index (χ1) is 7.90. The van der Waals surface area contributed by atoms with Gasteiger partial charge in [-0.1, -0.05) is 12.1 Å². The fraction of sp³-hybridized carbons (Fsp3) is 0.154. The number of hydroxylamine groups is 1. The van der Waals surface area contributed by atoms with Crippen LogP contribution in [0.2, 0.25) is 0 Å². The molecule has 2 heterocycles. The van der Waals surface area contributed by atoms with Gasteiger partial charge >= 0.3 is 0 Å². The molecule has 3 heteroatoms. The number of anilines is 1. The highest BCUT2D eigenvalue weighted by Crippen LogP contribution is 2.31. The molecular weight excluding hydrogens is 200 g/mol. The summed E-state index contributed by atoms with van der Waals surface area (Å²) in [5.74, 6) is 0. The van der Waals surface area contributed by atoms with Crippen LogP contribution < -0.4 is 9.63 Å². The van der Waals surface area contributed by atoms with Crippen molar-refractivity contribution < 1.29 is 9.40 Å². The number of benzene rings is 1. The van der Waals surface area contributed by atoms with Gasteiger partial charge in [-0.3, -0.25) is 4.84 Å².